The highest BCUT2D eigenvalue weighted by Crippen LogP contribution is 2.41. The molecule has 1 aliphatic carbocycles. The Morgan fingerprint density at radius 2 is 1.83 bits per heavy atom. The largest absolute Gasteiger partial charge is 0.299 e. The van der Waals surface area contributed by atoms with Crippen LogP contribution >= 0.6 is 22.9 Å². The van der Waals surface area contributed by atoms with E-state index < -0.39 is 20.5 Å². The van der Waals surface area contributed by atoms with Gasteiger partial charge in [0, 0.05) is 5.02 Å². The summed E-state index contributed by atoms with van der Waals surface area (Å²) < 4.78 is 24.9. The maximum Gasteiger partial charge on any atom is 0.248 e. The van der Waals surface area contributed by atoms with E-state index in [1.807, 2.05) is 0 Å². The summed E-state index contributed by atoms with van der Waals surface area (Å²) in [6.45, 7) is 1.77. The van der Waals surface area contributed by atoms with Crippen LogP contribution in [0.1, 0.15) is 30.7 Å². The fourth-order valence-electron chi connectivity index (χ4n) is 2.96. The minimum Gasteiger partial charge on any atom is -0.299 e. The van der Waals surface area contributed by atoms with Gasteiger partial charge < -0.3 is 0 Å². The number of nitrogens with zero attached hydrogens (tertiary/aromatic N) is 2. The predicted octanol–water partition coefficient (Wildman–Crippen LogP) is 3.23. The quantitative estimate of drug-likeness (QED) is 0.872. The number of rotatable bonds is 4. The van der Waals surface area contributed by atoms with E-state index in [4.69, 9.17) is 11.6 Å². The second-order valence-corrected chi connectivity index (χ2v) is 9.62. The van der Waals surface area contributed by atoms with Crippen LogP contribution in [0.5, 0.6) is 0 Å². The second kappa shape index (κ2) is 6.42. The maximum absolute atomic E-state index is 13.2. The zero-order valence-corrected chi connectivity index (χ0v) is 15.3. The average molecular weight is 386 g/mol. The van der Waals surface area contributed by atoms with Crippen LogP contribution in [0.25, 0.3) is 0 Å². The topological polar surface area (TPSA) is 89.0 Å². The summed E-state index contributed by atoms with van der Waals surface area (Å²) in [6.07, 6.45) is 1.97. The molecule has 0 spiro atoms. The Labute approximate surface area is 149 Å². The zero-order chi connectivity index (χ0) is 17.4. The lowest BCUT2D eigenvalue weighted by Crippen LogP contribution is -2.47. The molecule has 3 rings (SSSR count). The molecule has 0 unspecified atom stereocenters. The number of sulfone groups is 1. The van der Waals surface area contributed by atoms with Crippen molar-refractivity contribution in [2.45, 2.75) is 42.2 Å². The van der Waals surface area contributed by atoms with Crippen molar-refractivity contribution in [3.63, 3.8) is 0 Å². The van der Waals surface area contributed by atoms with E-state index in [2.05, 4.69) is 15.5 Å². The molecule has 1 amide bonds. The first-order valence-corrected chi connectivity index (χ1v) is 10.1. The van der Waals surface area contributed by atoms with Gasteiger partial charge in [-0.15, -0.1) is 10.2 Å². The highest BCUT2D eigenvalue weighted by Gasteiger charge is 2.53. The number of benzene rings is 1. The van der Waals surface area contributed by atoms with Crippen molar-refractivity contribution in [3.05, 3.63) is 34.3 Å². The smallest absolute Gasteiger partial charge is 0.248 e. The zero-order valence-electron chi connectivity index (χ0n) is 13.0. The molecule has 128 valence electrons. The molecular weight excluding hydrogens is 370 g/mol. The Kier molecular flexibility index (Phi) is 4.63. The van der Waals surface area contributed by atoms with Crippen molar-refractivity contribution < 1.29 is 13.2 Å². The Hall–Kier alpha value is -1.51. The summed E-state index contributed by atoms with van der Waals surface area (Å²) >= 11 is 7.06. The standard InChI is InChI=1S/C15H16ClN3O3S2/c1-10-18-19-14(23-10)17-13(20)15(8-2-3-9-15)24(21,22)12-6-4-11(16)5-7-12/h4-7H,2-3,8-9H2,1H3,(H,17,19,20). The van der Waals surface area contributed by atoms with Crippen molar-refractivity contribution in [2.75, 3.05) is 5.32 Å². The van der Waals surface area contributed by atoms with E-state index in [1.54, 1.807) is 6.92 Å². The SMILES string of the molecule is Cc1nnc(NC(=O)C2(S(=O)(=O)c3ccc(Cl)cc3)CCCC2)s1. The lowest BCUT2D eigenvalue weighted by atomic mass is 10.1. The van der Waals surface area contributed by atoms with Gasteiger partial charge >= 0.3 is 0 Å². The van der Waals surface area contributed by atoms with Gasteiger partial charge in [-0.3, -0.25) is 10.1 Å². The molecular formula is C15H16ClN3O3S2. The van der Waals surface area contributed by atoms with E-state index in [0.717, 1.165) is 0 Å². The molecule has 1 fully saturated rings. The Morgan fingerprint density at radius 3 is 2.38 bits per heavy atom. The fourth-order valence-corrected chi connectivity index (χ4v) is 5.74. The summed E-state index contributed by atoms with van der Waals surface area (Å²) in [5.41, 5.74) is 0. The van der Waals surface area contributed by atoms with Crippen LogP contribution in [-0.4, -0.2) is 29.3 Å². The predicted molar refractivity (Wildman–Crippen MR) is 93.1 cm³/mol. The third-order valence-electron chi connectivity index (χ3n) is 4.21. The molecule has 1 saturated carbocycles. The second-order valence-electron chi connectivity index (χ2n) is 5.74. The van der Waals surface area contributed by atoms with E-state index in [9.17, 15) is 13.2 Å². The van der Waals surface area contributed by atoms with Crippen LogP contribution < -0.4 is 5.32 Å². The molecule has 1 aliphatic rings. The van der Waals surface area contributed by atoms with E-state index in [-0.39, 0.29) is 4.90 Å². The Morgan fingerprint density at radius 1 is 1.21 bits per heavy atom. The minimum atomic E-state index is -3.84. The number of hydrogen-bond acceptors (Lipinski definition) is 6. The first-order chi connectivity index (χ1) is 11.3. The average Bonchev–Trinajstić information content (AvgIpc) is 3.18. The molecule has 2 aromatic rings. The third kappa shape index (κ3) is 2.94. The number of hydrogen-bond donors (Lipinski definition) is 1. The Bertz CT molecular complexity index is 856. The van der Waals surface area contributed by atoms with Crippen molar-refractivity contribution >= 4 is 43.8 Å². The van der Waals surface area contributed by atoms with Crippen molar-refractivity contribution in [2.24, 2.45) is 0 Å². The van der Waals surface area contributed by atoms with Crippen LogP contribution in [-0.2, 0) is 14.6 Å². The van der Waals surface area contributed by atoms with Crippen LogP contribution in [0.3, 0.4) is 0 Å². The molecule has 24 heavy (non-hydrogen) atoms. The van der Waals surface area contributed by atoms with Gasteiger partial charge in [0.25, 0.3) is 0 Å². The van der Waals surface area contributed by atoms with Gasteiger partial charge in [0.15, 0.2) is 14.6 Å². The lowest BCUT2D eigenvalue weighted by molar-refractivity contribution is -0.118. The van der Waals surface area contributed by atoms with Crippen LogP contribution in [0.2, 0.25) is 5.02 Å². The molecule has 1 aromatic heterocycles. The molecule has 0 saturated heterocycles. The third-order valence-corrected chi connectivity index (χ3v) is 7.73. The van der Waals surface area contributed by atoms with Crippen molar-refractivity contribution in [3.8, 4) is 0 Å². The molecule has 6 nitrogen and oxygen atoms in total. The molecule has 1 heterocycles. The van der Waals surface area contributed by atoms with Gasteiger partial charge in [0.2, 0.25) is 11.0 Å². The molecule has 1 aromatic carbocycles. The first kappa shape index (κ1) is 17.3. The maximum atomic E-state index is 13.2. The van der Waals surface area contributed by atoms with Crippen LogP contribution in [0.4, 0.5) is 5.13 Å². The number of nitrogens with one attached hydrogen (secondary N) is 1. The summed E-state index contributed by atoms with van der Waals surface area (Å²) in [6, 6.07) is 5.92. The number of carbonyl (C=O) groups excluding carboxylic acids is 1. The number of amides is 1. The highest BCUT2D eigenvalue weighted by atomic mass is 35.5. The van der Waals surface area contributed by atoms with Crippen molar-refractivity contribution in [1.82, 2.24) is 10.2 Å². The summed E-state index contributed by atoms with van der Waals surface area (Å²) in [5, 5.41) is 11.8. The number of carbonyl (C=O) groups is 1. The first-order valence-electron chi connectivity index (χ1n) is 7.47. The Balaban J connectivity index is 1.98. The number of aromatic nitrogens is 2. The molecule has 9 heteroatoms. The lowest BCUT2D eigenvalue weighted by Gasteiger charge is -2.27. The van der Waals surface area contributed by atoms with Crippen molar-refractivity contribution in [1.29, 1.82) is 0 Å². The van der Waals surface area contributed by atoms with Gasteiger partial charge in [-0.25, -0.2) is 8.42 Å². The molecule has 1 N–H and O–H groups in total. The van der Waals surface area contributed by atoms with Gasteiger partial charge in [-0.1, -0.05) is 35.8 Å². The summed E-state index contributed by atoms with van der Waals surface area (Å²) in [7, 11) is -3.84. The van der Waals surface area contributed by atoms with Gasteiger partial charge in [0.1, 0.15) is 5.01 Å². The van der Waals surface area contributed by atoms with Crippen LogP contribution in [0, 0.1) is 6.92 Å². The van der Waals surface area contributed by atoms with E-state index >= 15 is 0 Å². The van der Waals surface area contributed by atoms with E-state index in [0.29, 0.717) is 40.8 Å². The van der Waals surface area contributed by atoms with E-state index in [1.165, 1.54) is 35.6 Å². The van der Waals surface area contributed by atoms with Gasteiger partial charge in [-0.05, 0) is 44.0 Å². The normalized spacial score (nSPS) is 16.9. The number of anilines is 1. The molecule has 0 radical (unpaired) electrons. The number of halogens is 1. The van der Waals surface area contributed by atoms with Gasteiger partial charge in [0.05, 0.1) is 4.90 Å². The number of aryl methyl sites for hydroxylation is 1. The molecule has 0 bridgehead atoms. The minimum absolute atomic E-state index is 0.109. The fraction of sp³-hybridized carbons (Fsp3) is 0.400. The molecule has 0 aliphatic heterocycles. The summed E-state index contributed by atoms with van der Waals surface area (Å²) in [5.74, 6) is -0.536. The van der Waals surface area contributed by atoms with Gasteiger partial charge in [-0.2, -0.15) is 0 Å². The summed E-state index contributed by atoms with van der Waals surface area (Å²) in [4.78, 5) is 13.0. The molecule has 0 atom stereocenters. The monoisotopic (exact) mass is 385 g/mol. The highest BCUT2D eigenvalue weighted by molar-refractivity contribution is 7.93. The van der Waals surface area contributed by atoms with Crippen LogP contribution in [0.15, 0.2) is 29.2 Å².